The van der Waals surface area contributed by atoms with Crippen molar-refractivity contribution in [3.63, 3.8) is 0 Å². The summed E-state index contributed by atoms with van der Waals surface area (Å²) in [6.45, 7) is 4.54. The second-order valence-corrected chi connectivity index (χ2v) is 6.95. The van der Waals surface area contributed by atoms with Crippen molar-refractivity contribution in [3.8, 4) is 0 Å². The Kier molecular flexibility index (Phi) is 6.39. The average molecular weight is 392 g/mol. The average Bonchev–Trinajstić information content (AvgIpc) is 2.55. The SMILES string of the molecule is CC(C)NC(=O)N1CCC(C(=O)Nc2cc(C(F)(F)F)ccc2Cl)CC1. The van der Waals surface area contributed by atoms with Gasteiger partial charge >= 0.3 is 12.2 Å². The molecule has 2 N–H and O–H groups in total. The van der Waals surface area contributed by atoms with Crippen molar-refractivity contribution in [2.45, 2.75) is 38.9 Å². The van der Waals surface area contributed by atoms with Gasteiger partial charge in [0.2, 0.25) is 5.91 Å². The number of halogens is 4. The van der Waals surface area contributed by atoms with Crippen LogP contribution in [0, 0.1) is 5.92 Å². The molecule has 2 rings (SSSR count). The number of carbonyl (C=O) groups is 2. The smallest absolute Gasteiger partial charge is 0.336 e. The van der Waals surface area contributed by atoms with E-state index in [0.717, 1.165) is 18.2 Å². The minimum atomic E-state index is -4.51. The van der Waals surface area contributed by atoms with Crippen LogP contribution in [0.2, 0.25) is 5.02 Å². The van der Waals surface area contributed by atoms with Gasteiger partial charge in [-0.1, -0.05) is 11.6 Å². The fourth-order valence-corrected chi connectivity index (χ4v) is 2.88. The minimum absolute atomic E-state index is 0.0200. The number of alkyl halides is 3. The van der Waals surface area contributed by atoms with E-state index in [1.54, 1.807) is 4.90 Å². The molecule has 1 aliphatic heterocycles. The van der Waals surface area contributed by atoms with Crippen LogP contribution in [0.4, 0.5) is 23.7 Å². The third-order valence-corrected chi connectivity index (χ3v) is 4.45. The molecule has 0 aromatic heterocycles. The zero-order valence-corrected chi connectivity index (χ0v) is 15.2. The van der Waals surface area contributed by atoms with Crippen LogP contribution in [0.5, 0.6) is 0 Å². The molecular formula is C17H21ClF3N3O2. The number of anilines is 1. The first-order chi connectivity index (χ1) is 12.1. The molecule has 26 heavy (non-hydrogen) atoms. The highest BCUT2D eigenvalue weighted by Gasteiger charge is 2.32. The molecule has 1 aliphatic rings. The van der Waals surface area contributed by atoms with Crippen LogP contribution in [0.1, 0.15) is 32.3 Å². The van der Waals surface area contributed by atoms with Crippen LogP contribution in [0.25, 0.3) is 0 Å². The van der Waals surface area contributed by atoms with E-state index < -0.39 is 17.6 Å². The molecule has 0 spiro atoms. The Balaban J connectivity index is 1.96. The summed E-state index contributed by atoms with van der Waals surface area (Å²) in [6, 6.07) is 2.64. The van der Waals surface area contributed by atoms with Gasteiger partial charge in [-0.05, 0) is 44.9 Å². The highest BCUT2D eigenvalue weighted by Crippen LogP contribution is 2.34. The first kappa shape index (κ1) is 20.4. The number of hydrogen-bond donors (Lipinski definition) is 2. The van der Waals surface area contributed by atoms with Gasteiger partial charge in [-0.2, -0.15) is 13.2 Å². The number of nitrogens with one attached hydrogen (secondary N) is 2. The lowest BCUT2D eigenvalue weighted by Crippen LogP contribution is -2.47. The molecule has 0 atom stereocenters. The molecule has 3 amide bonds. The molecule has 144 valence electrons. The Morgan fingerprint density at radius 2 is 1.85 bits per heavy atom. The molecule has 1 heterocycles. The Morgan fingerprint density at radius 3 is 2.38 bits per heavy atom. The fourth-order valence-electron chi connectivity index (χ4n) is 2.72. The maximum absolute atomic E-state index is 12.8. The maximum atomic E-state index is 12.8. The van der Waals surface area contributed by atoms with Crippen molar-refractivity contribution >= 4 is 29.2 Å². The topological polar surface area (TPSA) is 61.4 Å². The number of rotatable bonds is 3. The molecule has 0 bridgehead atoms. The van der Waals surface area contributed by atoms with E-state index in [1.807, 2.05) is 13.8 Å². The van der Waals surface area contributed by atoms with Crippen molar-refractivity contribution in [2.75, 3.05) is 18.4 Å². The molecular weight excluding hydrogens is 371 g/mol. The number of carbonyl (C=O) groups excluding carboxylic acids is 2. The number of urea groups is 1. The van der Waals surface area contributed by atoms with Crippen molar-refractivity contribution in [3.05, 3.63) is 28.8 Å². The number of piperidine rings is 1. The predicted octanol–water partition coefficient (Wildman–Crippen LogP) is 4.13. The highest BCUT2D eigenvalue weighted by atomic mass is 35.5. The quantitative estimate of drug-likeness (QED) is 0.814. The normalized spacial score (nSPS) is 15.9. The van der Waals surface area contributed by atoms with Gasteiger partial charge in [0.1, 0.15) is 0 Å². The van der Waals surface area contributed by atoms with Crippen LogP contribution >= 0.6 is 11.6 Å². The van der Waals surface area contributed by atoms with Crippen molar-refractivity contribution < 1.29 is 22.8 Å². The van der Waals surface area contributed by atoms with E-state index in [-0.39, 0.29) is 28.7 Å². The summed E-state index contributed by atoms with van der Waals surface area (Å²) in [5.74, 6) is -0.779. The summed E-state index contributed by atoms with van der Waals surface area (Å²) >= 11 is 5.90. The number of amides is 3. The Labute approximate surface area is 154 Å². The highest BCUT2D eigenvalue weighted by molar-refractivity contribution is 6.33. The van der Waals surface area contributed by atoms with E-state index >= 15 is 0 Å². The fraction of sp³-hybridized carbons (Fsp3) is 0.529. The van der Waals surface area contributed by atoms with Crippen LogP contribution in [0.15, 0.2) is 18.2 Å². The Bertz CT molecular complexity index is 672. The van der Waals surface area contributed by atoms with Gasteiger partial charge in [0.05, 0.1) is 16.3 Å². The lowest BCUT2D eigenvalue weighted by molar-refractivity contribution is -0.137. The van der Waals surface area contributed by atoms with Crippen molar-refractivity contribution in [2.24, 2.45) is 5.92 Å². The molecule has 5 nitrogen and oxygen atoms in total. The van der Waals surface area contributed by atoms with Gasteiger partial charge in [-0.25, -0.2) is 4.79 Å². The largest absolute Gasteiger partial charge is 0.416 e. The third-order valence-electron chi connectivity index (χ3n) is 4.12. The summed E-state index contributed by atoms with van der Waals surface area (Å²) in [5.41, 5.74) is -0.941. The first-order valence-electron chi connectivity index (χ1n) is 8.31. The molecule has 1 aromatic rings. The molecule has 0 unspecified atom stereocenters. The van der Waals surface area contributed by atoms with E-state index in [1.165, 1.54) is 0 Å². The molecule has 1 saturated heterocycles. The summed E-state index contributed by atoms with van der Waals surface area (Å²) in [6.07, 6.45) is -3.64. The third kappa shape index (κ3) is 5.27. The lowest BCUT2D eigenvalue weighted by Gasteiger charge is -2.32. The number of nitrogens with zero attached hydrogens (tertiary/aromatic N) is 1. The van der Waals surface area contributed by atoms with Crippen LogP contribution in [-0.4, -0.2) is 36.0 Å². The van der Waals surface area contributed by atoms with Crippen LogP contribution < -0.4 is 10.6 Å². The van der Waals surface area contributed by atoms with E-state index in [4.69, 9.17) is 11.6 Å². The molecule has 0 saturated carbocycles. The van der Waals surface area contributed by atoms with Gasteiger partial charge in [0.25, 0.3) is 0 Å². The summed E-state index contributed by atoms with van der Waals surface area (Å²) in [4.78, 5) is 25.9. The standard InChI is InChI=1S/C17H21ClF3N3O2/c1-10(2)22-16(26)24-7-5-11(6-8-24)15(25)23-14-9-12(17(19,20)21)3-4-13(14)18/h3-4,9-11H,5-8H2,1-2H3,(H,22,26)(H,23,25). The molecule has 0 radical (unpaired) electrons. The molecule has 1 fully saturated rings. The lowest BCUT2D eigenvalue weighted by atomic mass is 9.96. The van der Waals surface area contributed by atoms with Crippen LogP contribution in [-0.2, 0) is 11.0 Å². The second kappa shape index (κ2) is 8.16. The monoisotopic (exact) mass is 391 g/mol. The predicted molar refractivity (Wildman–Crippen MR) is 93.0 cm³/mol. The molecule has 1 aromatic carbocycles. The second-order valence-electron chi connectivity index (χ2n) is 6.55. The summed E-state index contributed by atoms with van der Waals surface area (Å²) in [5, 5.41) is 5.31. The zero-order valence-electron chi connectivity index (χ0n) is 14.5. The number of hydrogen-bond acceptors (Lipinski definition) is 2. The summed E-state index contributed by atoms with van der Waals surface area (Å²) < 4.78 is 38.4. The Morgan fingerprint density at radius 1 is 1.23 bits per heavy atom. The van der Waals surface area contributed by atoms with Gasteiger partial charge in [-0.3, -0.25) is 4.79 Å². The van der Waals surface area contributed by atoms with E-state index in [0.29, 0.717) is 25.9 Å². The van der Waals surface area contributed by atoms with Gasteiger partial charge in [0, 0.05) is 25.0 Å². The zero-order chi connectivity index (χ0) is 19.5. The van der Waals surface area contributed by atoms with E-state index in [9.17, 15) is 22.8 Å². The number of benzene rings is 1. The van der Waals surface area contributed by atoms with Gasteiger partial charge in [0.15, 0.2) is 0 Å². The van der Waals surface area contributed by atoms with Gasteiger partial charge in [-0.15, -0.1) is 0 Å². The summed E-state index contributed by atoms with van der Waals surface area (Å²) in [7, 11) is 0. The van der Waals surface area contributed by atoms with Gasteiger partial charge < -0.3 is 15.5 Å². The first-order valence-corrected chi connectivity index (χ1v) is 8.68. The molecule has 9 heteroatoms. The van der Waals surface area contributed by atoms with Crippen molar-refractivity contribution in [1.82, 2.24) is 10.2 Å². The Hall–Kier alpha value is -1.96. The maximum Gasteiger partial charge on any atom is 0.416 e. The van der Waals surface area contributed by atoms with Crippen molar-refractivity contribution in [1.29, 1.82) is 0 Å². The molecule has 0 aliphatic carbocycles. The van der Waals surface area contributed by atoms with E-state index in [2.05, 4.69) is 10.6 Å². The number of likely N-dealkylation sites (tertiary alicyclic amines) is 1. The van der Waals surface area contributed by atoms with Crippen LogP contribution in [0.3, 0.4) is 0 Å². The minimum Gasteiger partial charge on any atom is -0.336 e.